The van der Waals surface area contributed by atoms with Gasteiger partial charge in [0.2, 0.25) is 11.7 Å². The van der Waals surface area contributed by atoms with E-state index in [1.807, 2.05) is 37.8 Å². The normalized spacial score (nSPS) is 11.9. The highest BCUT2D eigenvalue weighted by Gasteiger charge is 2.22. The van der Waals surface area contributed by atoms with Gasteiger partial charge in [0, 0.05) is 40.2 Å². The molecule has 9 nitrogen and oxygen atoms in total. The average Bonchev–Trinajstić information content (AvgIpc) is 3.00. The molecule has 27 heavy (non-hydrogen) atoms. The third-order valence-electron chi connectivity index (χ3n) is 3.94. The molecule has 1 rings (SSSR count). The van der Waals surface area contributed by atoms with E-state index in [1.54, 1.807) is 25.9 Å². The Balaban J connectivity index is 2.84. The number of guanidine groups is 2. The van der Waals surface area contributed by atoms with Gasteiger partial charge < -0.3 is 20.0 Å². The molecule has 0 aromatic carbocycles. The van der Waals surface area contributed by atoms with Gasteiger partial charge in [0.05, 0.1) is 5.69 Å². The molecule has 0 bridgehead atoms. The Labute approximate surface area is 160 Å². The number of aryl methyl sites for hydroxylation is 2. The number of nitrogens with one attached hydrogen (secondary N) is 2. The van der Waals surface area contributed by atoms with Crippen molar-refractivity contribution in [3.63, 3.8) is 0 Å². The summed E-state index contributed by atoms with van der Waals surface area (Å²) in [6.45, 7) is 8.75. The number of rotatable bonds is 7. The molecule has 1 aromatic heterocycles. The summed E-state index contributed by atoms with van der Waals surface area (Å²) in [6.07, 6.45) is 4.48. The lowest BCUT2D eigenvalue weighted by molar-refractivity contribution is 0.0941. The van der Waals surface area contributed by atoms with Gasteiger partial charge in [-0.05, 0) is 20.3 Å². The second-order valence-corrected chi connectivity index (χ2v) is 6.35. The number of amides is 1. The largest absolute Gasteiger partial charge is 0.436 e. The third kappa shape index (κ3) is 6.43. The number of carbonyl (C=O) groups is 1. The van der Waals surface area contributed by atoms with Crippen molar-refractivity contribution >= 4 is 17.8 Å². The number of aliphatic imine (C=N–C) groups is 1. The van der Waals surface area contributed by atoms with Crippen LogP contribution in [0.1, 0.15) is 42.9 Å². The number of hydrogen-bond acceptors (Lipinski definition) is 5. The zero-order chi connectivity index (χ0) is 20.6. The van der Waals surface area contributed by atoms with E-state index >= 15 is 0 Å². The predicted octanol–water partition coefficient (Wildman–Crippen LogP) is 1.35. The van der Waals surface area contributed by atoms with Gasteiger partial charge in [0.15, 0.2) is 11.9 Å². The minimum atomic E-state index is -0.362. The van der Waals surface area contributed by atoms with Gasteiger partial charge in [0.25, 0.3) is 5.91 Å². The maximum atomic E-state index is 12.6. The molecular formula is C18H31N7O2. The van der Waals surface area contributed by atoms with Crippen LogP contribution in [-0.2, 0) is 6.42 Å². The van der Waals surface area contributed by atoms with E-state index in [9.17, 15) is 4.79 Å². The van der Waals surface area contributed by atoms with E-state index in [-0.39, 0.29) is 23.7 Å². The number of carbonyl (C=O) groups excluding carboxylic acids is 1. The summed E-state index contributed by atoms with van der Waals surface area (Å²) in [5.41, 5.74) is 6.04. The molecule has 9 heteroatoms. The Hall–Kier alpha value is -2.84. The number of aromatic nitrogens is 1. The minimum Gasteiger partial charge on any atom is -0.436 e. The van der Waals surface area contributed by atoms with Crippen LogP contribution in [0.5, 0.6) is 0 Å². The molecule has 1 heterocycles. The van der Waals surface area contributed by atoms with Gasteiger partial charge in [-0.3, -0.25) is 20.5 Å². The minimum absolute atomic E-state index is 0.0116. The van der Waals surface area contributed by atoms with E-state index in [1.165, 1.54) is 0 Å². The second-order valence-electron chi connectivity index (χ2n) is 6.35. The van der Waals surface area contributed by atoms with Crippen LogP contribution in [0.2, 0.25) is 0 Å². The van der Waals surface area contributed by atoms with Gasteiger partial charge >= 0.3 is 0 Å². The standard InChI is InChI=1S/C18H31N7O2/c1-7-14-15(27-13(4)22-14)16(26)23-18(21-5)25(12(2)3)11-9-8-10-24(6)17(19)20/h8-9,12H,7,10-11H2,1-6H3,(H3,19,20)(H,21,23,26)/b9-8+. The number of likely N-dealkylation sites (N-methyl/N-ethyl adjacent to an activating group) is 1. The van der Waals surface area contributed by atoms with Crippen molar-refractivity contribution in [1.82, 2.24) is 20.1 Å². The molecule has 0 saturated carbocycles. The van der Waals surface area contributed by atoms with E-state index in [0.29, 0.717) is 37.1 Å². The molecule has 150 valence electrons. The molecule has 0 atom stereocenters. The zero-order valence-corrected chi connectivity index (χ0v) is 17.0. The first kappa shape index (κ1) is 22.2. The monoisotopic (exact) mass is 377 g/mol. The average molecular weight is 377 g/mol. The molecule has 0 aliphatic carbocycles. The van der Waals surface area contributed by atoms with Crippen molar-refractivity contribution < 1.29 is 9.21 Å². The molecule has 0 radical (unpaired) electrons. The van der Waals surface area contributed by atoms with Crippen molar-refractivity contribution in [1.29, 1.82) is 5.41 Å². The highest BCUT2D eigenvalue weighted by Crippen LogP contribution is 2.11. The van der Waals surface area contributed by atoms with E-state index in [0.717, 1.165) is 0 Å². The highest BCUT2D eigenvalue weighted by atomic mass is 16.4. The molecule has 4 N–H and O–H groups in total. The van der Waals surface area contributed by atoms with Crippen molar-refractivity contribution in [2.75, 3.05) is 27.2 Å². The first-order valence-electron chi connectivity index (χ1n) is 8.92. The van der Waals surface area contributed by atoms with Gasteiger partial charge in [-0.2, -0.15) is 0 Å². The summed E-state index contributed by atoms with van der Waals surface area (Å²) in [6, 6.07) is 0.112. The van der Waals surface area contributed by atoms with Gasteiger partial charge in [-0.15, -0.1) is 0 Å². The molecule has 1 amide bonds. The smallest absolute Gasteiger partial charge is 0.295 e. The van der Waals surface area contributed by atoms with Crippen LogP contribution in [-0.4, -0.2) is 65.8 Å². The lowest BCUT2D eigenvalue weighted by Gasteiger charge is -2.28. The summed E-state index contributed by atoms with van der Waals surface area (Å²) in [7, 11) is 3.38. The molecule has 0 aliphatic rings. The van der Waals surface area contributed by atoms with Gasteiger partial charge in [0.1, 0.15) is 0 Å². The Morgan fingerprint density at radius 1 is 1.41 bits per heavy atom. The topological polar surface area (TPSA) is 124 Å². The number of nitrogens with zero attached hydrogens (tertiary/aromatic N) is 4. The molecule has 0 saturated heterocycles. The summed E-state index contributed by atoms with van der Waals surface area (Å²) in [5.74, 6) is 0.788. The first-order valence-corrected chi connectivity index (χ1v) is 8.92. The molecular weight excluding hydrogens is 346 g/mol. The summed E-state index contributed by atoms with van der Waals surface area (Å²) in [5, 5.41) is 10.2. The van der Waals surface area contributed by atoms with Crippen LogP contribution in [0.3, 0.4) is 0 Å². The molecule has 1 aromatic rings. The van der Waals surface area contributed by atoms with Crippen molar-refractivity contribution in [2.45, 2.75) is 40.2 Å². The van der Waals surface area contributed by atoms with Crippen LogP contribution in [0.25, 0.3) is 0 Å². The summed E-state index contributed by atoms with van der Waals surface area (Å²) < 4.78 is 5.45. The quantitative estimate of drug-likeness (QED) is 0.374. The van der Waals surface area contributed by atoms with Crippen LogP contribution in [0.4, 0.5) is 0 Å². The summed E-state index contributed by atoms with van der Waals surface area (Å²) in [4.78, 5) is 24.6. The van der Waals surface area contributed by atoms with Crippen molar-refractivity contribution in [3.05, 3.63) is 29.5 Å². The number of oxazole rings is 1. The highest BCUT2D eigenvalue weighted by molar-refractivity contribution is 6.04. The Morgan fingerprint density at radius 2 is 2.04 bits per heavy atom. The molecule has 0 unspecified atom stereocenters. The summed E-state index contributed by atoms with van der Waals surface area (Å²) >= 11 is 0. The number of hydrogen-bond donors (Lipinski definition) is 3. The maximum absolute atomic E-state index is 12.6. The Bertz CT molecular complexity index is 707. The van der Waals surface area contributed by atoms with Gasteiger partial charge in [-0.1, -0.05) is 19.1 Å². The van der Waals surface area contributed by atoms with Crippen LogP contribution in [0, 0.1) is 12.3 Å². The van der Waals surface area contributed by atoms with Crippen LogP contribution < -0.4 is 11.1 Å². The molecule has 0 fully saturated rings. The molecule has 0 aliphatic heterocycles. The predicted molar refractivity (Wildman–Crippen MR) is 107 cm³/mol. The van der Waals surface area contributed by atoms with Crippen molar-refractivity contribution in [3.8, 4) is 0 Å². The second kappa shape index (κ2) is 10.3. The fourth-order valence-electron chi connectivity index (χ4n) is 2.36. The van der Waals surface area contributed by atoms with Crippen LogP contribution in [0.15, 0.2) is 21.6 Å². The third-order valence-corrected chi connectivity index (χ3v) is 3.94. The van der Waals surface area contributed by atoms with Gasteiger partial charge in [-0.25, -0.2) is 4.98 Å². The lowest BCUT2D eigenvalue weighted by Crippen LogP contribution is -2.47. The number of nitrogens with two attached hydrogens (primary N) is 1. The maximum Gasteiger partial charge on any atom is 0.295 e. The fraction of sp³-hybridized carbons (Fsp3) is 0.556. The fourth-order valence-corrected chi connectivity index (χ4v) is 2.36. The molecule has 0 spiro atoms. The van der Waals surface area contributed by atoms with E-state index in [2.05, 4.69) is 15.3 Å². The van der Waals surface area contributed by atoms with Crippen molar-refractivity contribution in [2.24, 2.45) is 10.7 Å². The Kier molecular flexibility index (Phi) is 8.50. The first-order chi connectivity index (χ1) is 12.7. The van der Waals surface area contributed by atoms with E-state index < -0.39 is 0 Å². The SMILES string of the molecule is CCc1nc(C)oc1C(=O)N/C(=N/C)N(C/C=C/CN(C)C(=N)N)C(C)C. The van der Waals surface area contributed by atoms with E-state index in [4.69, 9.17) is 15.6 Å². The Morgan fingerprint density at radius 3 is 2.56 bits per heavy atom. The van der Waals surface area contributed by atoms with Crippen LogP contribution >= 0.6 is 0 Å². The zero-order valence-electron chi connectivity index (χ0n) is 17.0. The lowest BCUT2D eigenvalue weighted by atomic mass is 10.2.